The molecule has 6 rings (SSSR count). The van der Waals surface area contributed by atoms with E-state index < -0.39 is 0 Å². The number of hydrogen-bond acceptors (Lipinski definition) is 7. The maximum Gasteiger partial charge on any atom is 0.147 e. The van der Waals surface area contributed by atoms with E-state index >= 15 is 0 Å². The maximum absolute atomic E-state index is 6.25. The predicted octanol–water partition coefficient (Wildman–Crippen LogP) is 4.14. The Kier molecular flexibility index (Phi) is 4.79. The first-order chi connectivity index (χ1) is 15.7. The summed E-state index contributed by atoms with van der Waals surface area (Å²) < 4.78 is 14.4. The number of benzene rings is 1. The third-order valence-electron chi connectivity index (χ3n) is 6.30. The van der Waals surface area contributed by atoms with Crippen LogP contribution in [0.2, 0.25) is 0 Å². The molecule has 1 saturated heterocycles. The van der Waals surface area contributed by atoms with Gasteiger partial charge in [0, 0.05) is 24.2 Å². The largest absolute Gasteiger partial charge is 0.491 e. The Balaban J connectivity index is 1.10. The molecule has 32 heavy (non-hydrogen) atoms. The van der Waals surface area contributed by atoms with Crippen LogP contribution in [0.5, 0.6) is 5.75 Å². The molecule has 0 bridgehead atoms. The summed E-state index contributed by atoms with van der Waals surface area (Å²) in [5.74, 6) is 3.03. The van der Waals surface area contributed by atoms with Crippen molar-refractivity contribution in [2.75, 3.05) is 24.2 Å². The molecule has 164 valence electrons. The van der Waals surface area contributed by atoms with Crippen molar-refractivity contribution in [1.82, 2.24) is 19.5 Å². The highest BCUT2D eigenvalue weighted by atomic mass is 16.6. The van der Waals surface area contributed by atoms with Crippen molar-refractivity contribution in [2.24, 2.45) is 5.92 Å². The number of aromatic nitrogens is 4. The fourth-order valence-corrected chi connectivity index (χ4v) is 4.28. The predicted molar refractivity (Wildman–Crippen MR) is 124 cm³/mol. The van der Waals surface area contributed by atoms with Crippen molar-refractivity contribution in [3.63, 3.8) is 0 Å². The number of nitrogens with two attached hydrogens (primary N) is 1. The van der Waals surface area contributed by atoms with E-state index in [0.717, 1.165) is 58.8 Å². The first-order valence-corrected chi connectivity index (χ1v) is 11.2. The molecule has 0 amide bonds. The Bertz CT molecular complexity index is 1270. The van der Waals surface area contributed by atoms with Crippen LogP contribution >= 0.6 is 0 Å². The molecule has 3 aromatic heterocycles. The second kappa shape index (κ2) is 7.94. The van der Waals surface area contributed by atoms with E-state index in [-0.39, 0.29) is 12.3 Å². The van der Waals surface area contributed by atoms with Gasteiger partial charge in [0.05, 0.1) is 17.0 Å². The van der Waals surface area contributed by atoms with Gasteiger partial charge in [-0.05, 0) is 61.9 Å². The second-order valence-electron chi connectivity index (χ2n) is 8.70. The molecule has 3 N–H and O–H groups in total. The fraction of sp³-hybridized carbons (Fsp3) is 0.375. The Morgan fingerprint density at radius 2 is 2.00 bits per heavy atom. The van der Waals surface area contributed by atoms with Crippen LogP contribution < -0.4 is 15.8 Å². The van der Waals surface area contributed by atoms with Crippen LogP contribution in [-0.4, -0.2) is 38.8 Å². The average Bonchev–Trinajstić information content (AvgIpc) is 3.34. The molecular weight excluding hydrogens is 404 g/mol. The Hall–Kier alpha value is -3.39. The molecule has 2 atom stereocenters. The summed E-state index contributed by atoms with van der Waals surface area (Å²) >= 11 is 0. The minimum atomic E-state index is -0.0752. The first kappa shape index (κ1) is 19.3. The molecular formula is C24H26N6O2. The van der Waals surface area contributed by atoms with Crippen molar-refractivity contribution < 1.29 is 9.47 Å². The maximum atomic E-state index is 6.25. The molecule has 2 aliphatic rings. The van der Waals surface area contributed by atoms with Crippen LogP contribution in [0.15, 0.2) is 48.9 Å². The van der Waals surface area contributed by atoms with E-state index in [2.05, 4.69) is 27.4 Å². The van der Waals surface area contributed by atoms with E-state index in [1.165, 1.54) is 19.2 Å². The molecule has 0 unspecified atom stereocenters. The fourth-order valence-electron chi connectivity index (χ4n) is 4.28. The standard InChI is InChI=1S/C24H26N6O2/c25-23-19-9-10-30(24(19)28-14-27-23)22-8-6-18(32-22)13-31-17-5-3-16-4-7-21(29-20(16)11-17)26-12-15-1-2-15/h3-5,7,9-11,14-15,18,22H,1-2,6,8,12-13H2,(H,26,29)(H2,25,27,28)/t18-,22+/m0/s1. The first-order valence-electron chi connectivity index (χ1n) is 11.2. The van der Waals surface area contributed by atoms with Crippen molar-refractivity contribution in [3.8, 4) is 5.75 Å². The summed E-state index contributed by atoms with van der Waals surface area (Å²) in [5.41, 5.74) is 7.69. The topological polar surface area (TPSA) is 100 Å². The summed E-state index contributed by atoms with van der Waals surface area (Å²) in [5, 5.41) is 5.39. The molecule has 1 aromatic carbocycles. The molecule has 4 heterocycles. The number of rotatable bonds is 7. The minimum absolute atomic E-state index is 0.0202. The van der Waals surface area contributed by atoms with Gasteiger partial charge in [-0.2, -0.15) is 0 Å². The normalized spacial score (nSPS) is 20.8. The molecule has 1 aliphatic heterocycles. The monoisotopic (exact) mass is 430 g/mol. The van der Waals surface area contributed by atoms with Gasteiger partial charge in [-0.3, -0.25) is 0 Å². The number of anilines is 2. The second-order valence-corrected chi connectivity index (χ2v) is 8.70. The van der Waals surface area contributed by atoms with Crippen LogP contribution in [0.4, 0.5) is 11.6 Å². The van der Waals surface area contributed by atoms with Crippen LogP contribution in [0.1, 0.15) is 31.9 Å². The zero-order valence-corrected chi connectivity index (χ0v) is 17.8. The van der Waals surface area contributed by atoms with Crippen molar-refractivity contribution in [2.45, 2.75) is 38.0 Å². The molecule has 8 nitrogen and oxygen atoms in total. The van der Waals surface area contributed by atoms with Gasteiger partial charge < -0.3 is 25.1 Å². The molecule has 0 radical (unpaired) electrons. The summed E-state index contributed by atoms with van der Waals surface area (Å²) in [6.45, 7) is 1.50. The molecule has 0 spiro atoms. The number of hydrogen-bond donors (Lipinski definition) is 2. The number of ether oxygens (including phenoxy) is 2. The van der Waals surface area contributed by atoms with Crippen molar-refractivity contribution >= 4 is 33.6 Å². The van der Waals surface area contributed by atoms with E-state index in [9.17, 15) is 0 Å². The third-order valence-corrected chi connectivity index (χ3v) is 6.30. The summed E-state index contributed by atoms with van der Waals surface area (Å²) in [6, 6.07) is 12.1. The zero-order valence-electron chi connectivity index (χ0n) is 17.8. The highest BCUT2D eigenvalue weighted by Gasteiger charge is 2.28. The Morgan fingerprint density at radius 3 is 2.91 bits per heavy atom. The number of pyridine rings is 1. The lowest BCUT2D eigenvalue weighted by atomic mass is 10.2. The summed E-state index contributed by atoms with van der Waals surface area (Å²) in [4.78, 5) is 13.2. The lowest BCUT2D eigenvalue weighted by molar-refractivity contribution is -0.0156. The van der Waals surface area contributed by atoms with E-state index in [1.54, 1.807) is 0 Å². The zero-order chi connectivity index (χ0) is 21.5. The minimum Gasteiger partial charge on any atom is -0.491 e. The van der Waals surface area contributed by atoms with Crippen LogP contribution in [-0.2, 0) is 4.74 Å². The van der Waals surface area contributed by atoms with Crippen LogP contribution in [0.25, 0.3) is 21.9 Å². The number of nitrogen functional groups attached to an aromatic ring is 1. The number of fused-ring (bicyclic) bond motifs is 2. The van der Waals surface area contributed by atoms with Crippen molar-refractivity contribution in [3.05, 3.63) is 48.9 Å². The lowest BCUT2D eigenvalue weighted by Crippen LogP contribution is -2.18. The highest BCUT2D eigenvalue weighted by Crippen LogP contribution is 2.33. The van der Waals surface area contributed by atoms with E-state index in [0.29, 0.717) is 12.4 Å². The van der Waals surface area contributed by atoms with Gasteiger partial charge in [0.2, 0.25) is 0 Å². The molecule has 1 saturated carbocycles. The van der Waals surface area contributed by atoms with Gasteiger partial charge in [-0.25, -0.2) is 15.0 Å². The summed E-state index contributed by atoms with van der Waals surface area (Å²) in [7, 11) is 0. The van der Waals surface area contributed by atoms with Gasteiger partial charge in [-0.15, -0.1) is 0 Å². The van der Waals surface area contributed by atoms with Crippen LogP contribution in [0, 0.1) is 5.92 Å². The smallest absolute Gasteiger partial charge is 0.147 e. The van der Waals surface area contributed by atoms with Gasteiger partial charge in [-0.1, -0.05) is 0 Å². The lowest BCUT2D eigenvalue weighted by Gasteiger charge is -2.16. The Labute approximate surface area is 185 Å². The van der Waals surface area contributed by atoms with Gasteiger partial charge in [0.15, 0.2) is 0 Å². The number of nitrogens with one attached hydrogen (secondary N) is 1. The van der Waals surface area contributed by atoms with Crippen molar-refractivity contribution in [1.29, 1.82) is 0 Å². The highest BCUT2D eigenvalue weighted by molar-refractivity contribution is 5.86. The van der Waals surface area contributed by atoms with Gasteiger partial charge >= 0.3 is 0 Å². The van der Waals surface area contributed by atoms with Gasteiger partial charge in [0.1, 0.15) is 42.2 Å². The van der Waals surface area contributed by atoms with Gasteiger partial charge in [0.25, 0.3) is 0 Å². The number of nitrogens with zero attached hydrogens (tertiary/aromatic N) is 4. The Morgan fingerprint density at radius 1 is 1.09 bits per heavy atom. The van der Waals surface area contributed by atoms with E-state index in [4.69, 9.17) is 20.2 Å². The van der Waals surface area contributed by atoms with Crippen LogP contribution in [0.3, 0.4) is 0 Å². The molecule has 8 heteroatoms. The molecule has 1 aliphatic carbocycles. The molecule has 2 fully saturated rings. The SMILES string of the molecule is Nc1ncnc2c1ccn2[C@H]1CC[C@@H](COc2ccc3ccc(NCC4CC4)nc3c2)O1. The quantitative estimate of drug-likeness (QED) is 0.454. The third kappa shape index (κ3) is 3.82. The average molecular weight is 431 g/mol. The molecule has 4 aromatic rings. The van der Waals surface area contributed by atoms with E-state index in [1.807, 2.05) is 35.0 Å². The summed E-state index contributed by atoms with van der Waals surface area (Å²) in [6.07, 6.45) is 7.87.